The number of aromatic hydroxyl groups is 2. The number of hydrogen-bond acceptors (Lipinski definition) is 12. The number of hydrogen-bond donors (Lipinski definition) is 4. The molecule has 0 saturated carbocycles. The third-order valence-electron chi connectivity index (χ3n) is 9.26. The second kappa shape index (κ2) is 11.9. The monoisotopic (exact) mass is 648 g/mol. The van der Waals surface area contributed by atoms with E-state index in [2.05, 4.69) is 0 Å². The maximum atomic E-state index is 15.7. The summed E-state index contributed by atoms with van der Waals surface area (Å²) in [6.07, 6.45) is -13.4. The van der Waals surface area contributed by atoms with Crippen molar-refractivity contribution >= 4 is 17.3 Å². The molecule has 4 N–H and O–H groups in total. The lowest BCUT2D eigenvalue weighted by Gasteiger charge is -2.44. The normalized spacial score (nSPS) is 34.0. The van der Waals surface area contributed by atoms with Crippen molar-refractivity contribution in [3.63, 3.8) is 0 Å². The summed E-state index contributed by atoms with van der Waals surface area (Å²) in [5, 5.41) is 45.2. The van der Waals surface area contributed by atoms with Gasteiger partial charge in [-0.1, -0.05) is 12.1 Å². The number of carbonyl (C=O) groups is 3. The first-order valence-corrected chi connectivity index (χ1v) is 14.9. The minimum Gasteiger partial charge on any atom is -0.507 e. The van der Waals surface area contributed by atoms with Crippen LogP contribution in [0.15, 0.2) is 18.2 Å². The van der Waals surface area contributed by atoms with E-state index in [-0.39, 0.29) is 41.0 Å². The van der Waals surface area contributed by atoms with Crippen molar-refractivity contribution in [1.82, 2.24) is 0 Å². The van der Waals surface area contributed by atoms with Crippen LogP contribution in [0.1, 0.15) is 82.2 Å². The summed E-state index contributed by atoms with van der Waals surface area (Å²) in [4.78, 5) is 40.0. The molecule has 0 radical (unpaired) electrons. The summed E-state index contributed by atoms with van der Waals surface area (Å²) in [5.74, 6) is -3.91. The lowest BCUT2D eigenvalue weighted by Crippen LogP contribution is -2.58. The SMILES string of the molecule is COc1cccc2c1C(=O)c1c(O)c3c(c(O)c1C2=O)CC(O)(C(C)=O)CC3O[C@@H]1O[C@@H](C)[C@@H](O[C@@H]2OCCC[C@H]2F)[C@@H](O)[C@H]1F. The molecule has 0 aromatic heterocycles. The van der Waals surface area contributed by atoms with Gasteiger partial charge in [-0.25, -0.2) is 8.78 Å². The van der Waals surface area contributed by atoms with Crippen molar-refractivity contribution in [1.29, 1.82) is 0 Å². The number of aliphatic hydroxyl groups is 2. The standard InChI is InChI=1S/C32H34F2O12/c1-12-29(46-30-16(33)7-5-9-43-30)28(40)23(34)31(44-12)45-18-11-32(41,13(2)35)10-15-20(18)27(39)22-21(25(15)37)24(36)14-6-4-8-17(42-3)19(14)26(22)38/h4,6,8,12,16,18,23,28-31,37,39-41H,5,7,9-11H2,1-3H3/t12-,16+,18?,23+,28-,29+,30-,31-,32?/m0/s1. The molecular weight excluding hydrogens is 614 g/mol. The van der Waals surface area contributed by atoms with E-state index >= 15 is 4.39 Å². The highest BCUT2D eigenvalue weighted by molar-refractivity contribution is 6.31. The van der Waals surface area contributed by atoms with Crippen LogP contribution >= 0.6 is 0 Å². The van der Waals surface area contributed by atoms with Gasteiger partial charge in [-0.3, -0.25) is 14.4 Å². The Balaban J connectivity index is 1.38. The largest absolute Gasteiger partial charge is 0.507 e. The van der Waals surface area contributed by atoms with E-state index in [1.165, 1.54) is 32.2 Å². The molecule has 2 fully saturated rings. The van der Waals surface area contributed by atoms with E-state index in [0.717, 1.165) is 6.92 Å². The summed E-state index contributed by atoms with van der Waals surface area (Å²) >= 11 is 0. The van der Waals surface area contributed by atoms with Gasteiger partial charge in [0, 0.05) is 36.1 Å². The highest BCUT2D eigenvalue weighted by atomic mass is 19.1. The second-order valence-electron chi connectivity index (χ2n) is 12.1. The number of phenols is 2. The van der Waals surface area contributed by atoms with Crippen molar-refractivity contribution in [2.75, 3.05) is 13.7 Å². The van der Waals surface area contributed by atoms with Crippen molar-refractivity contribution in [2.24, 2.45) is 0 Å². The van der Waals surface area contributed by atoms with E-state index in [9.17, 15) is 39.2 Å². The van der Waals surface area contributed by atoms with Crippen LogP contribution in [0, 0.1) is 0 Å². The molecule has 0 amide bonds. The van der Waals surface area contributed by atoms with E-state index in [1.54, 1.807) is 0 Å². The molecule has 248 valence electrons. The molecule has 9 atom stereocenters. The first-order valence-electron chi connectivity index (χ1n) is 14.9. The summed E-state index contributed by atoms with van der Waals surface area (Å²) < 4.78 is 57.8. The van der Waals surface area contributed by atoms with Crippen molar-refractivity contribution in [2.45, 2.75) is 94.5 Å². The number of ether oxygens (including phenoxy) is 5. The number of methoxy groups -OCH3 is 1. The lowest BCUT2D eigenvalue weighted by atomic mass is 9.72. The van der Waals surface area contributed by atoms with E-state index in [0.29, 0.717) is 6.42 Å². The summed E-state index contributed by atoms with van der Waals surface area (Å²) in [6, 6.07) is 4.28. The maximum Gasteiger partial charge on any atom is 0.202 e. The highest BCUT2D eigenvalue weighted by Crippen LogP contribution is 2.52. The minimum atomic E-state index is -2.31. The van der Waals surface area contributed by atoms with Gasteiger partial charge in [0.05, 0.1) is 36.0 Å². The third-order valence-corrected chi connectivity index (χ3v) is 9.26. The van der Waals surface area contributed by atoms with E-state index in [4.69, 9.17) is 23.7 Å². The third kappa shape index (κ3) is 5.07. The van der Waals surface area contributed by atoms with E-state index < -0.39 is 108 Å². The highest BCUT2D eigenvalue weighted by Gasteiger charge is 2.52. The summed E-state index contributed by atoms with van der Waals surface area (Å²) in [6.45, 7) is 2.74. The first kappa shape index (κ1) is 32.4. The lowest BCUT2D eigenvalue weighted by molar-refractivity contribution is -0.327. The average molecular weight is 649 g/mol. The predicted octanol–water partition coefficient (Wildman–Crippen LogP) is 2.51. The van der Waals surface area contributed by atoms with Gasteiger partial charge in [0.25, 0.3) is 0 Å². The van der Waals surface area contributed by atoms with Crippen LogP contribution in [0.5, 0.6) is 17.2 Å². The molecular formula is C32H34F2O12. The number of halogens is 2. The van der Waals surface area contributed by atoms with Gasteiger partial charge in [0.1, 0.15) is 35.1 Å². The molecule has 2 aromatic rings. The fraction of sp³-hybridized carbons (Fsp3) is 0.531. The van der Waals surface area contributed by atoms with Gasteiger partial charge in [-0.15, -0.1) is 0 Å². The molecule has 2 heterocycles. The van der Waals surface area contributed by atoms with Crippen LogP contribution < -0.4 is 4.74 Å². The minimum absolute atomic E-state index is 0.0465. The van der Waals surface area contributed by atoms with Crippen LogP contribution in [-0.2, 0) is 30.2 Å². The second-order valence-corrected chi connectivity index (χ2v) is 12.1. The van der Waals surface area contributed by atoms with Crippen LogP contribution in [-0.4, -0.2) is 100 Å². The number of alkyl halides is 2. The molecule has 14 heteroatoms. The number of fused-ring (bicyclic) bond motifs is 3. The summed E-state index contributed by atoms with van der Waals surface area (Å²) in [5.41, 5.74) is -4.07. The molecule has 0 spiro atoms. The number of carbonyl (C=O) groups excluding carboxylic acids is 3. The van der Waals surface area contributed by atoms with Gasteiger partial charge < -0.3 is 44.1 Å². The predicted molar refractivity (Wildman–Crippen MR) is 151 cm³/mol. The molecule has 46 heavy (non-hydrogen) atoms. The van der Waals surface area contributed by atoms with Gasteiger partial charge in [0.2, 0.25) is 5.78 Å². The molecule has 4 aliphatic rings. The quantitative estimate of drug-likeness (QED) is 0.288. The van der Waals surface area contributed by atoms with Crippen LogP contribution in [0.2, 0.25) is 0 Å². The molecule has 0 bridgehead atoms. The number of aliphatic hydroxyl groups excluding tert-OH is 1. The van der Waals surface area contributed by atoms with Crippen LogP contribution in [0.3, 0.4) is 0 Å². The Labute approximate surface area is 261 Å². The first-order chi connectivity index (χ1) is 21.8. The Morgan fingerprint density at radius 2 is 1.76 bits per heavy atom. The van der Waals surface area contributed by atoms with Crippen molar-refractivity contribution < 1.29 is 67.3 Å². The van der Waals surface area contributed by atoms with Gasteiger partial charge in [0.15, 0.2) is 36.5 Å². The van der Waals surface area contributed by atoms with Crippen LogP contribution in [0.4, 0.5) is 8.78 Å². The number of rotatable bonds is 6. The Kier molecular flexibility index (Phi) is 8.40. The number of Topliss-reactive ketones (excluding diaryl/α,β-unsaturated/α-hetero) is 1. The van der Waals surface area contributed by atoms with E-state index in [1.807, 2.05) is 0 Å². The zero-order valence-electron chi connectivity index (χ0n) is 25.2. The molecule has 2 aromatic carbocycles. The Bertz CT molecular complexity index is 1600. The Morgan fingerprint density at radius 1 is 1.04 bits per heavy atom. The number of phenolic OH excluding ortho intramolecular Hbond substituents is 2. The zero-order chi connectivity index (χ0) is 33.2. The molecule has 6 rings (SSSR count). The average Bonchev–Trinajstić information content (AvgIpc) is 3.02. The van der Waals surface area contributed by atoms with Crippen molar-refractivity contribution in [3.8, 4) is 17.2 Å². The van der Waals surface area contributed by atoms with Gasteiger partial charge in [-0.05, 0) is 32.8 Å². The molecule has 12 nitrogen and oxygen atoms in total. The smallest absolute Gasteiger partial charge is 0.202 e. The fourth-order valence-electron chi connectivity index (χ4n) is 6.74. The van der Waals surface area contributed by atoms with Gasteiger partial charge >= 0.3 is 0 Å². The summed E-state index contributed by atoms with van der Waals surface area (Å²) in [7, 11) is 1.29. The zero-order valence-corrected chi connectivity index (χ0v) is 25.2. The molecule has 2 aliphatic carbocycles. The van der Waals surface area contributed by atoms with Crippen molar-refractivity contribution in [3.05, 3.63) is 51.6 Å². The maximum absolute atomic E-state index is 15.7. The molecule has 2 aliphatic heterocycles. The molecule has 2 unspecified atom stereocenters. The topological polar surface area (TPSA) is 178 Å². The van der Waals surface area contributed by atoms with Gasteiger partial charge in [-0.2, -0.15) is 0 Å². The fourth-order valence-corrected chi connectivity index (χ4v) is 6.74. The molecule has 2 saturated heterocycles. The number of benzene rings is 2. The Hall–Kier alpha value is -3.53. The van der Waals surface area contributed by atoms with Crippen LogP contribution in [0.25, 0.3) is 0 Å². The Morgan fingerprint density at radius 3 is 2.43 bits per heavy atom. The number of ketones is 3.